The summed E-state index contributed by atoms with van der Waals surface area (Å²) in [6.45, 7) is 1.27. The highest BCUT2D eigenvalue weighted by Crippen LogP contribution is 2.32. The zero-order chi connectivity index (χ0) is 20.4. The quantitative estimate of drug-likeness (QED) is 0.779. The third kappa shape index (κ3) is 3.96. The molecule has 1 saturated heterocycles. The summed E-state index contributed by atoms with van der Waals surface area (Å²) in [6.07, 6.45) is 2.68. The Morgan fingerprint density at radius 2 is 1.86 bits per heavy atom. The molecule has 154 valence electrons. The molecule has 0 atom stereocenters. The normalized spacial score (nSPS) is 18.8. The number of carbonyl (C=O) groups is 1. The van der Waals surface area contributed by atoms with Gasteiger partial charge in [0.25, 0.3) is 12.3 Å². The summed E-state index contributed by atoms with van der Waals surface area (Å²) < 4.78 is 46.4. The van der Waals surface area contributed by atoms with Crippen LogP contribution in [0, 0.1) is 0 Å². The minimum absolute atomic E-state index is 0.0248. The van der Waals surface area contributed by atoms with Gasteiger partial charge in [-0.3, -0.25) is 9.78 Å². The van der Waals surface area contributed by atoms with Crippen LogP contribution in [0.25, 0.3) is 0 Å². The standard InChI is InChI=1S/C19H20F3N5O2/c20-16(21)13-10-24-18(25-11-13)26-5-2-19(22,3-6-26)17(28)27-7-8-29-15-1-4-23-9-14(15)12-27/h1,4,9-11,16H,2-3,5-8,12H2. The third-order valence-electron chi connectivity index (χ3n) is 5.26. The Morgan fingerprint density at radius 1 is 1.14 bits per heavy atom. The number of amides is 1. The SMILES string of the molecule is O=C(N1CCOc2ccncc2C1)C1(F)CCN(c2ncc(C(F)F)cn2)CC1. The molecule has 0 aromatic carbocycles. The lowest BCUT2D eigenvalue weighted by Crippen LogP contribution is -2.53. The molecule has 0 spiro atoms. The largest absolute Gasteiger partial charge is 0.491 e. The van der Waals surface area contributed by atoms with Crippen molar-refractivity contribution in [3.05, 3.63) is 42.0 Å². The van der Waals surface area contributed by atoms with Crippen LogP contribution in [0.3, 0.4) is 0 Å². The predicted molar refractivity (Wildman–Crippen MR) is 97.4 cm³/mol. The van der Waals surface area contributed by atoms with Crippen molar-refractivity contribution in [2.24, 2.45) is 0 Å². The number of ether oxygens (including phenoxy) is 1. The van der Waals surface area contributed by atoms with E-state index in [9.17, 15) is 13.6 Å². The van der Waals surface area contributed by atoms with E-state index >= 15 is 4.39 Å². The Kier molecular flexibility index (Phi) is 5.25. The van der Waals surface area contributed by atoms with Crippen molar-refractivity contribution in [2.45, 2.75) is 31.5 Å². The lowest BCUT2D eigenvalue weighted by Gasteiger charge is -2.37. The smallest absolute Gasteiger partial charge is 0.266 e. The second kappa shape index (κ2) is 7.84. The number of hydrogen-bond donors (Lipinski definition) is 0. The fraction of sp³-hybridized carbons (Fsp3) is 0.474. The number of nitrogens with zero attached hydrogens (tertiary/aromatic N) is 5. The van der Waals surface area contributed by atoms with Gasteiger partial charge >= 0.3 is 0 Å². The molecule has 0 bridgehead atoms. The van der Waals surface area contributed by atoms with Gasteiger partial charge in [0, 0.05) is 56.3 Å². The van der Waals surface area contributed by atoms with Gasteiger partial charge in [-0.15, -0.1) is 0 Å². The van der Waals surface area contributed by atoms with Crippen molar-refractivity contribution in [2.75, 3.05) is 31.1 Å². The highest BCUT2D eigenvalue weighted by molar-refractivity contribution is 5.85. The van der Waals surface area contributed by atoms with E-state index in [0.717, 1.165) is 18.0 Å². The highest BCUT2D eigenvalue weighted by Gasteiger charge is 2.45. The maximum Gasteiger partial charge on any atom is 0.266 e. The van der Waals surface area contributed by atoms with Gasteiger partial charge < -0.3 is 14.5 Å². The van der Waals surface area contributed by atoms with Gasteiger partial charge in [-0.2, -0.15) is 0 Å². The maximum atomic E-state index is 15.5. The van der Waals surface area contributed by atoms with Gasteiger partial charge in [0.05, 0.1) is 18.7 Å². The number of aromatic nitrogens is 3. The van der Waals surface area contributed by atoms with E-state index < -0.39 is 18.0 Å². The minimum Gasteiger partial charge on any atom is -0.491 e. The number of halogens is 3. The number of alkyl halides is 3. The average Bonchev–Trinajstić information content (AvgIpc) is 2.96. The fourth-order valence-electron chi connectivity index (χ4n) is 3.56. The molecule has 29 heavy (non-hydrogen) atoms. The molecule has 1 amide bonds. The molecule has 0 saturated carbocycles. The first-order valence-electron chi connectivity index (χ1n) is 9.35. The average molecular weight is 407 g/mol. The van der Waals surface area contributed by atoms with Crippen molar-refractivity contribution in [1.82, 2.24) is 19.9 Å². The van der Waals surface area contributed by atoms with E-state index in [0.29, 0.717) is 12.3 Å². The first-order chi connectivity index (χ1) is 14.0. The molecule has 2 aromatic heterocycles. The predicted octanol–water partition coefficient (Wildman–Crippen LogP) is 2.54. The van der Waals surface area contributed by atoms with Crippen LogP contribution in [0.1, 0.15) is 30.4 Å². The summed E-state index contributed by atoms with van der Waals surface area (Å²) in [4.78, 5) is 28.0. The van der Waals surface area contributed by atoms with Gasteiger partial charge in [-0.1, -0.05) is 0 Å². The van der Waals surface area contributed by atoms with Crippen molar-refractivity contribution in [1.29, 1.82) is 0 Å². The zero-order valence-corrected chi connectivity index (χ0v) is 15.6. The van der Waals surface area contributed by atoms with Crippen LogP contribution < -0.4 is 9.64 Å². The topological polar surface area (TPSA) is 71.5 Å². The number of hydrogen-bond acceptors (Lipinski definition) is 6. The van der Waals surface area contributed by atoms with Crippen LogP contribution in [-0.2, 0) is 11.3 Å². The molecular formula is C19H20F3N5O2. The summed E-state index contributed by atoms with van der Waals surface area (Å²) in [6, 6.07) is 1.73. The molecule has 0 N–H and O–H groups in total. The lowest BCUT2D eigenvalue weighted by atomic mass is 9.91. The molecule has 0 unspecified atom stereocenters. The Bertz CT molecular complexity index is 872. The van der Waals surface area contributed by atoms with E-state index in [4.69, 9.17) is 4.74 Å². The second-order valence-corrected chi connectivity index (χ2v) is 7.13. The van der Waals surface area contributed by atoms with Crippen LogP contribution in [0.4, 0.5) is 19.1 Å². The van der Waals surface area contributed by atoms with E-state index in [1.807, 2.05) is 0 Å². The molecule has 0 aliphatic carbocycles. The van der Waals surface area contributed by atoms with Crippen LogP contribution in [-0.4, -0.2) is 57.7 Å². The molecular weight excluding hydrogens is 387 g/mol. The number of anilines is 1. The molecule has 7 nitrogen and oxygen atoms in total. The molecule has 2 aliphatic rings. The molecule has 4 rings (SSSR count). The van der Waals surface area contributed by atoms with Crippen LogP contribution >= 0.6 is 0 Å². The Balaban J connectivity index is 1.41. The van der Waals surface area contributed by atoms with Crippen molar-refractivity contribution in [3.63, 3.8) is 0 Å². The summed E-state index contributed by atoms with van der Waals surface area (Å²) in [5.74, 6) is 0.348. The first kappa shape index (κ1) is 19.4. The van der Waals surface area contributed by atoms with E-state index in [1.165, 1.54) is 4.90 Å². The molecule has 4 heterocycles. The molecule has 0 radical (unpaired) electrons. The van der Waals surface area contributed by atoms with Gasteiger partial charge in [0.1, 0.15) is 12.4 Å². The molecule has 2 aromatic rings. The maximum absolute atomic E-state index is 15.5. The van der Waals surface area contributed by atoms with E-state index in [1.54, 1.807) is 23.4 Å². The number of rotatable bonds is 3. The monoisotopic (exact) mass is 407 g/mol. The summed E-state index contributed by atoms with van der Waals surface area (Å²) in [7, 11) is 0. The highest BCUT2D eigenvalue weighted by atomic mass is 19.3. The van der Waals surface area contributed by atoms with Crippen LogP contribution in [0.5, 0.6) is 5.75 Å². The summed E-state index contributed by atoms with van der Waals surface area (Å²) >= 11 is 0. The van der Waals surface area contributed by atoms with Crippen molar-refractivity contribution < 1.29 is 22.7 Å². The number of fused-ring (bicyclic) bond motifs is 1. The Hall–Kier alpha value is -2.91. The number of carbonyl (C=O) groups excluding carboxylic acids is 1. The van der Waals surface area contributed by atoms with Gasteiger partial charge in [-0.25, -0.2) is 23.1 Å². The Labute approximate surface area is 165 Å². The minimum atomic E-state index is -2.64. The van der Waals surface area contributed by atoms with Crippen molar-refractivity contribution >= 4 is 11.9 Å². The van der Waals surface area contributed by atoms with Gasteiger partial charge in [0.2, 0.25) is 5.95 Å². The van der Waals surface area contributed by atoms with Crippen LogP contribution in [0.2, 0.25) is 0 Å². The second-order valence-electron chi connectivity index (χ2n) is 7.13. The number of pyridine rings is 1. The summed E-state index contributed by atoms with van der Waals surface area (Å²) in [5, 5.41) is 0. The van der Waals surface area contributed by atoms with E-state index in [2.05, 4.69) is 15.0 Å². The molecule has 1 fully saturated rings. The fourth-order valence-corrected chi connectivity index (χ4v) is 3.56. The zero-order valence-electron chi connectivity index (χ0n) is 15.6. The first-order valence-corrected chi connectivity index (χ1v) is 9.35. The van der Waals surface area contributed by atoms with Crippen molar-refractivity contribution in [3.8, 4) is 5.75 Å². The molecule has 2 aliphatic heterocycles. The van der Waals surface area contributed by atoms with Gasteiger partial charge in [-0.05, 0) is 6.07 Å². The number of piperidine rings is 1. The summed E-state index contributed by atoms with van der Waals surface area (Å²) in [5.41, 5.74) is -1.52. The van der Waals surface area contributed by atoms with E-state index in [-0.39, 0.29) is 50.6 Å². The molecule has 10 heteroatoms. The lowest BCUT2D eigenvalue weighted by molar-refractivity contribution is -0.146. The van der Waals surface area contributed by atoms with Gasteiger partial charge in [0.15, 0.2) is 5.67 Å². The van der Waals surface area contributed by atoms with Crippen LogP contribution in [0.15, 0.2) is 30.9 Å². The Morgan fingerprint density at radius 3 is 2.55 bits per heavy atom. The third-order valence-corrected chi connectivity index (χ3v) is 5.26.